The van der Waals surface area contributed by atoms with E-state index in [0.29, 0.717) is 17.9 Å². The van der Waals surface area contributed by atoms with Gasteiger partial charge in [-0.25, -0.2) is 4.79 Å². The molecule has 3 rings (SSSR count). The highest BCUT2D eigenvalue weighted by Crippen LogP contribution is 2.35. The summed E-state index contributed by atoms with van der Waals surface area (Å²) in [5.74, 6) is -0.213. The molecule has 0 spiro atoms. The number of urea groups is 1. The summed E-state index contributed by atoms with van der Waals surface area (Å²) in [5.41, 5.74) is 2.51. The van der Waals surface area contributed by atoms with Crippen LogP contribution in [-0.4, -0.2) is 22.7 Å². The summed E-state index contributed by atoms with van der Waals surface area (Å²) in [7, 11) is 0. The molecular formula is C24H26FN3O3. The second-order valence-corrected chi connectivity index (χ2v) is 8.08. The van der Waals surface area contributed by atoms with Gasteiger partial charge in [0.2, 0.25) is 11.8 Å². The van der Waals surface area contributed by atoms with Gasteiger partial charge in [0.25, 0.3) is 0 Å². The van der Waals surface area contributed by atoms with E-state index in [1.165, 1.54) is 6.07 Å². The summed E-state index contributed by atoms with van der Waals surface area (Å²) in [6.45, 7) is 6.21. The fourth-order valence-corrected chi connectivity index (χ4v) is 3.04. The Hall–Kier alpha value is -3.45. The minimum atomic E-state index is -0.714. The SMILES string of the molecule is CC(C)(C)c1ccccc1Oc1nc(F)ccc1NC(=O)Nc1ccc(CCO)cc1. The van der Waals surface area contributed by atoms with Gasteiger partial charge in [0.15, 0.2) is 0 Å². The molecule has 162 valence electrons. The number of aliphatic hydroxyl groups is 1. The second kappa shape index (κ2) is 9.57. The third-order valence-corrected chi connectivity index (χ3v) is 4.59. The molecular weight excluding hydrogens is 397 g/mol. The third-order valence-electron chi connectivity index (χ3n) is 4.59. The quantitative estimate of drug-likeness (QED) is 0.458. The van der Waals surface area contributed by atoms with Crippen LogP contribution < -0.4 is 15.4 Å². The van der Waals surface area contributed by atoms with Crippen LogP contribution in [0.1, 0.15) is 31.9 Å². The summed E-state index contributed by atoms with van der Waals surface area (Å²) >= 11 is 0. The van der Waals surface area contributed by atoms with Crippen LogP contribution in [0.3, 0.4) is 0 Å². The zero-order valence-corrected chi connectivity index (χ0v) is 17.8. The van der Waals surface area contributed by atoms with E-state index in [1.807, 2.05) is 51.1 Å². The van der Waals surface area contributed by atoms with E-state index in [2.05, 4.69) is 15.6 Å². The molecule has 0 aliphatic carbocycles. The van der Waals surface area contributed by atoms with Gasteiger partial charge in [0.1, 0.15) is 11.4 Å². The van der Waals surface area contributed by atoms with Crippen LogP contribution >= 0.6 is 0 Å². The van der Waals surface area contributed by atoms with Crippen LogP contribution in [-0.2, 0) is 11.8 Å². The lowest BCUT2D eigenvalue weighted by molar-refractivity contribution is 0.262. The van der Waals surface area contributed by atoms with E-state index in [0.717, 1.165) is 17.2 Å². The van der Waals surface area contributed by atoms with Gasteiger partial charge in [-0.05, 0) is 47.7 Å². The second-order valence-electron chi connectivity index (χ2n) is 8.08. The highest BCUT2D eigenvalue weighted by atomic mass is 19.1. The van der Waals surface area contributed by atoms with Crippen molar-refractivity contribution in [1.82, 2.24) is 4.98 Å². The number of hydrogen-bond donors (Lipinski definition) is 3. The average molecular weight is 423 g/mol. The normalized spacial score (nSPS) is 11.1. The average Bonchev–Trinajstić information content (AvgIpc) is 2.71. The molecule has 7 heteroatoms. The first-order valence-corrected chi connectivity index (χ1v) is 9.98. The van der Waals surface area contributed by atoms with E-state index in [4.69, 9.17) is 9.84 Å². The van der Waals surface area contributed by atoms with Gasteiger partial charge in [-0.2, -0.15) is 9.37 Å². The number of anilines is 2. The Morgan fingerprint density at radius 2 is 1.74 bits per heavy atom. The van der Waals surface area contributed by atoms with Crippen LogP contribution in [0.2, 0.25) is 0 Å². The predicted octanol–water partition coefficient (Wildman–Crippen LogP) is 5.49. The van der Waals surface area contributed by atoms with Crippen molar-refractivity contribution in [2.24, 2.45) is 0 Å². The maximum absolute atomic E-state index is 13.8. The number of carbonyl (C=O) groups is 1. The van der Waals surface area contributed by atoms with Gasteiger partial charge >= 0.3 is 6.03 Å². The van der Waals surface area contributed by atoms with Crippen molar-refractivity contribution >= 4 is 17.4 Å². The topological polar surface area (TPSA) is 83.5 Å². The Bertz CT molecular complexity index is 1050. The van der Waals surface area contributed by atoms with Crippen LogP contribution in [0.25, 0.3) is 0 Å². The lowest BCUT2D eigenvalue weighted by Crippen LogP contribution is -2.20. The fraction of sp³-hybridized carbons (Fsp3) is 0.250. The number of pyridine rings is 1. The predicted molar refractivity (Wildman–Crippen MR) is 119 cm³/mol. The lowest BCUT2D eigenvalue weighted by Gasteiger charge is -2.22. The van der Waals surface area contributed by atoms with E-state index in [-0.39, 0.29) is 23.6 Å². The first-order chi connectivity index (χ1) is 14.8. The van der Waals surface area contributed by atoms with Crippen molar-refractivity contribution < 1.29 is 19.0 Å². The summed E-state index contributed by atoms with van der Waals surface area (Å²) in [6.07, 6.45) is 0.546. The first kappa shape index (κ1) is 22.2. The smallest absolute Gasteiger partial charge is 0.323 e. The zero-order chi connectivity index (χ0) is 22.4. The van der Waals surface area contributed by atoms with Crippen molar-refractivity contribution in [1.29, 1.82) is 0 Å². The maximum Gasteiger partial charge on any atom is 0.323 e. The van der Waals surface area contributed by atoms with Crippen molar-refractivity contribution in [3.05, 3.63) is 77.7 Å². The largest absolute Gasteiger partial charge is 0.437 e. The lowest BCUT2D eigenvalue weighted by atomic mass is 9.86. The van der Waals surface area contributed by atoms with Gasteiger partial charge in [-0.1, -0.05) is 51.1 Å². The van der Waals surface area contributed by atoms with E-state index in [1.54, 1.807) is 18.2 Å². The Morgan fingerprint density at radius 1 is 1.03 bits per heavy atom. The molecule has 6 nitrogen and oxygen atoms in total. The molecule has 1 aromatic heterocycles. The molecule has 31 heavy (non-hydrogen) atoms. The monoisotopic (exact) mass is 423 g/mol. The number of amides is 2. The molecule has 0 saturated heterocycles. The number of para-hydroxylation sites is 1. The number of benzene rings is 2. The third kappa shape index (κ3) is 6.02. The van der Waals surface area contributed by atoms with Crippen LogP contribution in [0, 0.1) is 5.95 Å². The molecule has 0 fully saturated rings. The summed E-state index contributed by atoms with van der Waals surface area (Å²) < 4.78 is 19.8. The van der Waals surface area contributed by atoms with E-state index >= 15 is 0 Å². The van der Waals surface area contributed by atoms with Gasteiger partial charge in [-0.3, -0.25) is 0 Å². The van der Waals surface area contributed by atoms with Gasteiger partial charge in [0.05, 0.1) is 0 Å². The van der Waals surface area contributed by atoms with Gasteiger partial charge in [-0.15, -0.1) is 0 Å². The molecule has 2 amide bonds. The first-order valence-electron chi connectivity index (χ1n) is 9.98. The molecule has 0 atom stereocenters. The van der Waals surface area contributed by atoms with Crippen molar-refractivity contribution in [2.45, 2.75) is 32.6 Å². The van der Waals surface area contributed by atoms with Gasteiger partial charge in [0, 0.05) is 17.9 Å². The fourth-order valence-electron chi connectivity index (χ4n) is 3.04. The molecule has 0 unspecified atom stereocenters. The number of nitrogens with one attached hydrogen (secondary N) is 2. The number of rotatable bonds is 6. The minimum Gasteiger partial charge on any atom is -0.437 e. The van der Waals surface area contributed by atoms with Crippen LogP contribution in [0.15, 0.2) is 60.7 Å². The number of hydrogen-bond acceptors (Lipinski definition) is 4. The van der Waals surface area contributed by atoms with Gasteiger partial charge < -0.3 is 20.5 Å². The maximum atomic E-state index is 13.8. The molecule has 2 aromatic carbocycles. The van der Waals surface area contributed by atoms with Crippen molar-refractivity contribution in [3.63, 3.8) is 0 Å². The Labute approximate surface area is 181 Å². The standard InChI is InChI=1S/C24H26FN3O3/c1-24(2,3)18-6-4-5-7-20(18)31-22-19(12-13-21(25)28-22)27-23(30)26-17-10-8-16(9-11-17)14-15-29/h4-13,29H,14-15H2,1-3H3,(H2,26,27,30). The van der Waals surface area contributed by atoms with Crippen molar-refractivity contribution in [2.75, 3.05) is 17.2 Å². The number of carbonyl (C=O) groups excluding carboxylic acids is 1. The van der Waals surface area contributed by atoms with Crippen LogP contribution in [0.4, 0.5) is 20.6 Å². The van der Waals surface area contributed by atoms with E-state index < -0.39 is 12.0 Å². The number of aliphatic hydroxyl groups excluding tert-OH is 1. The Kier molecular flexibility index (Phi) is 6.87. The molecule has 3 N–H and O–H groups in total. The molecule has 0 aliphatic heterocycles. The van der Waals surface area contributed by atoms with E-state index in [9.17, 15) is 9.18 Å². The number of halogens is 1. The van der Waals surface area contributed by atoms with Crippen molar-refractivity contribution in [3.8, 4) is 11.6 Å². The number of aromatic nitrogens is 1. The number of ether oxygens (including phenoxy) is 1. The molecule has 0 saturated carbocycles. The molecule has 0 radical (unpaired) electrons. The zero-order valence-electron chi connectivity index (χ0n) is 17.8. The Balaban J connectivity index is 1.78. The highest BCUT2D eigenvalue weighted by Gasteiger charge is 2.20. The minimum absolute atomic E-state index is 0.0369. The Morgan fingerprint density at radius 3 is 2.42 bits per heavy atom. The molecule has 1 heterocycles. The summed E-state index contributed by atoms with van der Waals surface area (Å²) in [4.78, 5) is 16.3. The summed E-state index contributed by atoms with van der Waals surface area (Å²) in [6, 6.07) is 16.6. The number of nitrogens with zero attached hydrogens (tertiary/aromatic N) is 1. The molecule has 3 aromatic rings. The molecule has 0 bridgehead atoms. The molecule has 0 aliphatic rings. The summed E-state index contributed by atoms with van der Waals surface area (Å²) in [5, 5.41) is 14.4. The highest BCUT2D eigenvalue weighted by molar-refractivity contribution is 6.00. The van der Waals surface area contributed by atoms with Crippen LogP contribution in [0.5, 0.6) is 11.6 Å².